The quantitative estimate of drug-likeness (QED) is 0.255. The van der Waals surface area contributed by atoms with Crippen LogP contribution in [0.15, 0.2) is 0 Å². The van der Waals surface area contributed by atoms with Crippen molar-refractivity contribution in [2.75, 3.05) is 0 Å². The molecule has 0 aromatic carbocycles. The van der Waals surface area contributed by atoms with Gasteiger partial charge in [0.2, 0.25) is 0 Å². The Labute approximate surface area is 124 Å². The molecule has 0 aliphatic heterocycles. The van der Waals surface area contributed by atoms with E-state index in [9.17, 15) is 0 Å². The molecule has 88 valence electrons. The summed E-state index contributed by atoms with van der Waals surface area (Å²) in [5.41, 5.74) is 0. The Balaban J connectivity index is -0.0000000178. The fourth-order valence-corrected chi connectivity index (χ4v) is 0. The second-order valence-corrected chi connectivity index (χ2v) is 2.69. The van der Waals surface area contributed by atoms with Gasteiger partial charge in [0.05, 0.1) is 0 Å². The van der Waals surface area contributed by atoms with Gasteiger partial charge >= 0.3 is 20.8 Å². The van der Waals surface area contributed by atoms with E-state index in [-0.39, 0.29) is 69.4 Å². The van der Waals surface area contributed by atoms with E-state index in [4.69, 9.17) is 35.0 Å². The predicted octanol–water partition coefficient (Wildman–Crippen LogP) is -6.04. The monoisotopic (exact) mass is 316 g/mol. The molecule has 0 fully saturated rings. The van der Waals surface area contributed by atoms with Gasteiger partial charge in [-0.2, -0.15) is 16.8 Å². The molecule has 0 aromatic rings. The Kier molecular flexibility index (Phi) is 38.3. The lowest BCUT2D eigenvalue weighted by Gasteiger charge is -1.68. The van der Waals surface area contributed by atoms with Crippen molar-refractivity contribution in [2.24, 2.45) is 0 Å². The second-order valence-electron chi connectivity index (χ2n) is 0.896. The third kappa shape index (κ3) is 657. The summed E-state index contributed by atoms with van der Waals surface area (Å²) in [6.45, 7) is 0. The fraction of sp³-hybridized carbons (Fsp3) is 0. The lowest BCUT2D eigenvalue weighted by atomic mass is 15.8. The molecular weight excluding hydrogens is 300 g/mol. The zero-order valence-electron chi connectivity index (χ0n) is 4.24. The van der Waals surface area contributed by atoms with Crippen LogP contribution in [0.2, 0.25) is 0 Å². The molecule has 4 N–H and O–H groups in total. The molecule has 0 aromatic heterocycles. The first kappa shape index (κ1) is 36.0. The van der Waals surface area contributed by atoms with Crippen molar-refractivity contribution in [3.05, 3.63) is 0 Å². The van der Waals surface area contributed by atoms with Gasteiger partial charge in [0, 0.05) is 0 Å². The van der Waals surface area contributed by atoms with Crippen molar-refractivity contribution in [3.8, 4) is 0 Å². The highest BCUT2D eigenvalue weighted by atomic mass is 32.3. The highest BCUT2D eigenvalue weighted by molar-refractivity contribution is 7.80. The topological polar surface area (TPSA) is 149 Å². The molecule has 0 aliphatic carbocycles. The minimum Gasteiger partial charge on any atom is -0.264 e. The average Bonchev–Trinajstić information content (AvgIpc) is 1.12. The summed E-state index contributed by atoms with van der Waals surface area (Å²) in [5.74, 6) is 0. The van der Waals surface area contributed by atoms with Gasteiger partial charge in [-0.15, -0.1) is 0 Å². The number of hydrogen-bond donors (Lipinski definition) is 4. The van der Waals surface area contributed by atoms with Crippen LogP contribution in [0.3, 0.4) is 0 Å². The van der Waals surface area contributed by atoms with Crippen molar-refractivity contribution in [3.63, 3.8) is 0 Å². The minimum atomic E-state index is -4.67. The first-order valence-electron chi connectivity index (χ1n) is 1.40. The van der Waals surface area contributed by atoms with Gasteiger partial charge in [-0.3, -0.25) is 18.2 Å². The Morgan fingerprint density at radius 2 is 0.500 bits per heavy atom. The van der Waals surface area contributed by atoms with Gasteiger partial charge in [-0.25, -0.2) is 0 Å². The van der Waals surface area contributed by atoms with Crippen LogP contribution in [-0.2, 0) is 20.8 Å². The van der Waals surface area contributed by atoms with Gasteiger partial charge in [0.1, 0.15) is 0 Å². The average molecular weight is 316 g/mol. The van der Waals surface area contributed by atoms with Crippen LogP contribution in [0.25, 0.3) is 0 Å². The molecule has 14 heavy (non-hydrogen) atoms. The molecule has 0 radical (unpaired) electrons. The van der Waals surface area contributed by atoms with Crippen LogP contribution < -0.4 is 0 Å². The zero-order chi connectivity index (χ0) is 9.00. The lowest BCUT2D eigenvalue weighted by molar-refractivity contribution is 0.378. The minimum absolute atomic E-state index is 0. The van der Waals surface area contributed by atoms with Gasteiger partial charge in [0.25, 0.3) is 0 Å². The van der Waals surface area contributed by atoms with Crippen molar-refractivity contribution in [2.45, 2.75) is 0 Å². The van der Waals surface area contributed by atoms with Crippen LogP contribution in [0.5, 0.6) is 0 Å². The maximum Gasteiger partial charge on any atom is 0.394 e. The molecular formula is H16Al4O8S2. The van der Waals surface area contributed by atoms with E-state index in [0.29, 0.717) is 0 Å². The van der Waals surface area contributed by atoms with Gasteiger partial charge in [-0.1, -0.05) is 0 Å². The summed E-state index contributed by atoms with van der Waals surface area (Å²) in [4.78, 5) is 0. The largest absolute Gasteiger partial charge is 0.394 e. The molecule has 8 nitrogen and oxygen atoms in total. The van der Waals surface area contributed by atoms with E-state index in [1.165, 1.54) is 0 Å². The third-order valence-corrected chi connectivity index (χ3v) is 0. The van der Waals surface area contributed by atoms with Crippen molar-refractivity contribution in [1.82, 2.24) is 0 Å². The Hall–Kier alpha value is 1.87. The summed E-state index contributed by atoms with van der Waals surface area (Å²) < 4.78 is 63.2. The molecule has 0 unspecified atom stereocenters. The first-order valence-corrected chi connectivity index (χ1v) is 4.19. The van der Waals surface area contributed by atoms with Gasteiger partial charge in [-0.05, 0) is 0 Å². The molecule has 0 saturated heterocycles. The molecule has 0 bridgehead atoms. The molecule has 14 heteroatoms. The summed E-state index contributed by atoms with van der Waals surface area (Å²) in [6, 6.07) is 0. The molecule has 0 atom stereocenters. The molecule has 0 saturated carbocycles. The normalized spacial score (nSPS) is 8.29. The first-order chi connectivity index (χ1) is 4.00. The van der Waals surface area contributed by atoms with Crippen molar-refractivity contribution in [1.29, 1.82) is 0 Å². The summed E-state index contributed by atoms with van der Waals surface area (Å²) in [5, 5.41) is 0. The van der Waals surface area contributed by atoms with Gasteiger partial charge in [0.15, 0.2) is 69.4 Å². The molecule has 0 rings (SSSR count). The molecule has 0 aliphatic rings. The summed E-state index contributed by atoms with van der Waals surface area (Å²) in [6.07, 6.45) is 0. The second kappa shape index (κ2) is 14.9. The Morgan fingerprint density at radius 1 is 0.500 bits per heavy atom. The van der Waals surface area contributed by atoms with Crippen LogP contribution >= 0.6 is 0 Å². The van der Waals surface area contributed by atoms with E-state index >= 15 is 0 Å². The summed E-state index contributed by atoms with van der Waals surface area (Å²) in [7, 11) is -9.33. The van der Waals surface area contributed by atoms with E-state index in [1.807, 2.05) is 0 Å². The fourth-order valence-electron chi connectivity index (χ4n) is 0. The smallest absolute Gasteiger partial charge is 0.264 e. The molecule has 0 amide bonds. The van der Waals surface area contributed by atoms with Crippen LogP contribution in [0.4, 0.5) is 0 Å². The lowest BCUT2D eigenvalue weighted by Crippen LogP contribution is -1.89. The molecule has 0 heterocycles. The maximum atomic E-state index is 8.74. The van der Waals surface area contributed by atoms with Crippen molar-refractivity contribution < 1.29 is 35.0 Å². The van der Waals surface area contributed by atoms with E-state index < -0.39 is 20.8 Å². The highest BCUT2D eigenvalue weighted by Crippen LogP contribution is 1.59. The standard InChI is InChI=1S/4Al.2H2O4S.12H/c;;;;2*1-5(2,3)4;;;;;;;;;;;;/h;;;;2*(H2,1,2,3,4);;;;;;;;;;;;. The summed E-state index contributed by atoms with van der Waals surface area (Å²) >= 11 is 0. The van der Waals surface area contributed by atoms with Crippen molar-refractivity contribution >= 4 is 90.2 Å². The SMILES string of the molecule is O=S(=O)(O)O.O=S(=O)(O)O.[AlH3].[AlH3].[AlH3].[AlH3]. The van der Waals surface area contributed by atoms with E-state index in [2.05, 4.69) is 0 Å². The predicted molar refractivity (Wildman–Crippen MR) is 68.1 cm³/mol. The van der Waals surface area contributed by atoms with Gasteiger partial charge < -0.3 is 0 Å². The van der Waals surface area contributed by atoms with Crippen LogP contribution in [0.1, 0.15) is 0 Å². The van der Waals surface area contributed by atoms with E-state index in [1.54, 1.807) is 0 Å². The van der Waals surface area contributed by atoms with Crippen LogP contribution in [-0.4, -0.2) is 104 Å². The highest BCUT2D eigenvalue weighted by Gasteiger charge is 1.85. The number of hydrogen-bond acceptors (Lipinski definition) is 4. The third-order valence-electron chi connectivity index (χ3n) is 0. The maximum absolute atomic E-state index is 8.74. The Bertz CT molecular complexity index is 216. The number of rotatable bonds is 0. The zero-order valence-corrected chi connectivity index (χ0v) is 5.87. The molecule has 0 spiro atoms. The Morgan fingerprint density at radius 3 is 0.500 bits per heavy atom. The van der Waals surface area contributed by atoms with Crippen LogP contribution in [0, 0.1) is 0 Å². The van der Waals surface area contributed by atoms with E-state index in [0.717, 1.165) is 0 Å².